The molecule has 0 amide bonds. The number of rotatable bonds is 2. The fourth-order valence-electron chi connectivity index (χ4n) is 2.14. The second kappa shape index (κ2) is 4.42. The molecular weight excluding hydrogens is 248 g/mol. The third-order valence-corrected chi connectivity index (χ3v) is 3.09. The van der Waals surface area contributed by atoms with Gasteiger partial charge in [-0.25, -0.2) is 18.4 Å². The molecular formula is C14H11F2N3. The summed E-state index contributed by atoms with van der Waals surface area (Å²) in [5.74, 6) is -1.32. The highest BCUT2D eigenvalue weighted by Gasteiger charge is 2.15. The molecule has 0 aliphatic rings. The van der Waals surface area contributed by atoms with E-state index in [2.05, 4.69) is 10.1 Å². The number of halogens is 2. The van der Waals surface area contributed by atoms with Crippen LogP contribution in [0.25, 0.3) is 16.7 Å². The molecule has 2 aromatic heterocycles. The van der Waals surface area contributed by atoms with Crippen molar-refractivity contribution in [3.63, 3.8) is 0 Å². The van der Waals surface area contributed by atoms with Crippen molar-refractivity contribution in [2.24, 2.45) is 0 Å². The van der Waals surface area contributed by atoms with E-state index in [0.717, 1.165) is 17.4 Å². The van der Waals surface area contributed by atoms with Gasteiger partial charge in [-0.1, -0.05) is 13.0 Å². The van der Waals surface area contributed by atoms with Gasteiger partial charge in [-0.2, -0.15) is 5.10 Å². The van der Waals surface area contributed by atoms with Crippen LogP contribution >= 0.6 is 0 Å². The van der Waals surface area contributed by atoms with Crippen molar-refractivity contribution < 1.29 is 8.78 Å². The van der Waals surface area contributed by atoms with Gasteiger partial charge in [0.2, 0.25) is 0 Å². The highest BCUT2D eigenvalue weighted by Crippen LogP contribution is 2.23. The molecule has 3 rings (SSSR count). The van der Waals surface area contributed by atoms with Gasteiger partial charge in [0.15, 0.2) is 17.3 Å². The predicted molar refractivity (Wildman–Crippen MR) is 68.2 cm³/mol. The molecule has 0 unspecified atom stereocenters. The predicted octanol–water partition coefficient (Wildman–Crippen LogP) is 3.26. The molecule has 0 fully saturated rings. The molecule has 0 aliphatic heterocycles. The molecule has 1 aromatic carbocycles. The van der Waals surface area contributed by atoms with Crippen LogP contribution in [-0.4, -0.2) is 14.8 Å². The van der Waals surface area contributed by atoms with Crippen LogP contribution in [0.1, 0.15) is 12.5 Å². The fraction of sp³-hybridized carbons (Fsp3) is 0.143. The number of para-hydroxylation sites is 1. The highest BCUT2D eigenvalue weighted by molar-refractivity contribution is 5.80. The van der Waals surface area contributed by atoms with Gasteiger partial charge in [0.1, 0.15) is 5.69 Å². The van der Waals surface area contributed by atoms with Gasteiger partial charge < -0.3 is 0 Å². The Balaban J connectivity index is 2.33. The first-order chi connectivity index (χ1) is 9.22. The average Bonchev–Trinajstić information content (AvgIpc) is 2.82. The zero-order chi connectivity index (χ0) is 13.4. The summed E-state index contributed by atoms with van der Waals surface area (Å²) < 4.78 is 28.8. The Kier molecular flexibility index (Phi) is 2.74. The summed E-state index contributed by atoms with van der Waals surface area (Å²) in [5, 5.41) is 4.88. The Bertz CT molecular complexity index is 729. The Labute approximate surface area is 108 Å². The SMILES string of the molecule is CCc1ccnc2c1cnn2-c1c(F)cccc1F. The quantitative estimate of drug-likeness (QED) is 0.707. The second-order valence-electron chi connectivity index (χ2n) is 4.19. The monoisotopic (exact) mass is 259 g/mol. The maximum Gasteiger partial charge on any atom is 0.163 e. The van der Waals surface area contributed by atoms with Crippen LogP contribution in [0.3, 0.4) is 0 Å². The molecule has 0 N–H and O–H groups in total. The van der Waals surface area contributed by atoms with Gasteiger partial charge in [-0.05, 0) is 30.2 Å². The molecule has 0 atom stereocenters. The first kappa shape index (κ1) is 11.8. The Morgan fingerprint density at radius 3 is 2.58 bits per heavy atom. The minimum Gasteiger partial charge on any atom is -0.237 e. The first-order valence-electron chi connectivity index (χ1n) is 5.98. The van der Waals surface area contributed by atoms with E-state index in [9.17, 15) is 8.78 Å². The van der Waals surface area contributed by atoms with Gasteiger partial charge in [0, 0.05) is 11.6 Å². The molecule has 2 heterocycles. The summed E-state index contributed by atoms with van der Waals surface area (Å²) in [4.78, 5) is 4.18. The molecule has 96 valence electrons. The summed E-state index contributed by atoms with van der Waals surface area (Å²) in [6, 6.07) is 5.61. The van der Waals surface area contributed by atoms with Crippen molar-refractivity contribution in [3.05, 3.63) is 53.9 Å². The number of hydrogen-bond donors (Lipinski definition) is 0. The number of benzene rings is 1. The zero-order valence-electron chi connectivity index (χ0n) is 10.3. The maximum atomic E-state index is 13.8. The Morgan fingerprint density at radius 1 is 1.16 bits per heavy atom. The molecule has 19 heavy (non-hydrogen) atoms. The van der Waals surface area contributed by atoms with E-state index in [1.807, 2.05) is 13.0 Å². The number of nitrogens with zero attached hydrogens (tertiary/aromatic N) is 3. The van der Waals surface area contributed by atoms with Crippen molar-refractivity contribution in [2.75, 3.05) is 0 Å². The van der Waals surface area contributed by atoms with E-state index < -0.39 is 11.6 Å². The third-order valence-electron chi connectivity index (χ3n) is 3.09. The molecule has 3 nitrogen and oxygen atoms in total. The summed E-state index contributed by atoms with van der Waals surface area (Å²) in [5.41, 5.74) is 1.31. The molecule has 0 radical (unpaired) electrons. The molecule has 5 heteroatoms. The minimum absolute atomic E-state index is 0.196. The largest absolute Gasteiger partial charge is 0.237 e. The number of aryl methyl sites for hydroxylation is 1. The van der Waals surface area contributed by atoms with E-state index in [-0.39, 0.29) is 5.69 Å². The van der Waals surface area contributed by atoms with Crippen LogP contribution in [0, 0.1) is 11.6 Å². The van der Waals surface area contributed by atoms with Crippen LogP contribution in [0.5, 0.6) is 0 Å². The van der Waals surface area contributed by atoms with E-state index in [0.29, 0.717) is 5.65 Å². The van der Waals surface area contributed by atoms with E-state index in [4.69, 9.17) is 0 Å². The minimum atomic E-state index is -0.659. The lowest BCUT2D eigenvalue weighted by molar-refractivity contribution is 0.562. The molecule has 0 saturated heterocycles. The smallest absolute Gasteiger partial charge is 0.163 e. The van der Waals surface area contributed by atoms with Crippen molar-refractivity contribution in [1.82, 2.24) is 14.8 Å². The normalized spacial score (nSPS) is 11.1. The van der Waals surface area contributed by atoms with Crippen molar-refractivity contribution in [1.29, 1.82) is 0 Å². The van der Waals surface area contributed by atoms with Crippen LogP contribution in [-0.2, 0) is 6.42 Å². The highest BCUT2D eigenvalue weighted by atomic mass is 19.1. The van der Waals surface area contributed by atoms with Gasteiger partial charge in [0.25, 0.3) is 0 Å². The lowest BCUT2D eigenvalue weighted by Crippen LogP contribution is -2.04. The molecule has 0 saturated carbocycles. The van der Waals surface area contributed by atoms with Crippen LogP contribution < -0.4 is 0 Å². The second-order valence-corrected chi connectivity index (χ2v) is 4.19. The number of hydrogen-bond acceptors (Lipinski definition) is 2. The van der Waals surface area contributed by atoms with Crippen molar-refractivity contribution in [2.45, 2.75) is 13.3 Å². The van der Waals surface area contributed by atoms with Gasteiger partial charge in [-0.15, -0.1) is 0 Å². The fourth-order valence-corrected chi connectivity index (χ4v) is 2.14. The summed E-state index contributed by atoms with van der Waals surface area (Å²) in [6.07, 6.45) is 4.02. The average molecular weight is 259 g/mol. The van der Waals surface area contributed by atoms with E-state index in [1.54, 1.807) is 12.4 Å². The summed E-state index contributed by atoms with van der Waals surface area (Å²) in [6.45, 7) is 2.01. The van der Waals surface area contributed by atoms with Gasteiger partial charge in [0.05, 0.1) is 6.20 Å². The van der Waals surface area contributed by atoms with Crippen LogP contribution in [0.2, 0.25) is 0 Å². The van der Waals surface area contributed by atoms with Crippen molar-refractivity contribution >= 4 is 11.0 Å². The third kappa shape index (κ3) is 1.78. The van der Waals surface area contributed by atoms with Crippen LogP contribution in [0.15, 0.2) is 36.7 Å². The lowest BCUT2D eigenvalue weighted by Gasteiger charge is -2.06. The molecule has 0 bridgehead atoms. The topological polar surface area (TPSA) is 30.7 Å². The standard InChI is InChI=1S/C14H11F2N3/c1-2-9-6-7-17-14-10(9)8-18-19(14)13-11(15)4-3-5-12(13)16/h3-8H,2H2,1H3. The Morgan fingerprint density at radius 2 is 1.89 bits per heavy atom. The number of pyridine rings is 1. The number of aromatic nitrogens is 3. The van der Waals surface area contributed by atoms with Gasteiger partial charge >= 0.3 is 0 Å². The van der Waals surface area contributed by atoms with E-state index in [1.165, 1.54) is 22.9 Å². The maximum absolute atomic E-state index is 13.8. The molecule has 3 aromatic rings. The van der Waals surface area contributed by atoms with Gasteiger partial charge in [-0.3, -0.25) is 0 Å². The zero-order valence-corrected chi connectivity index (χ0v) is 10.3. The lowest BCUT2D eigenvalue weighted by atomic mass is 10.1. The van der Waals surface area contributed by atoms with E-state index >= 15 is 0 Å². The number of fused-ring (bicyclic) bond motifs is 1. The summed E-state index contributed by atoms with van der Waals surface area (Å²) in [7, 11) is 0. The molecule has 0 spiro atoms. The van der Waals surface area contributed by atoms with Crippen LogP contribution in [0.4, 0.5) is 8.78 Å². The summed E-state index contributed by atoms with van der Waals surface area (Å²) >= 11 is 0. The first-order valence-corrected chi connectivity index (χ1v) is 5.98. The van der Waals surface area contributed by atoms with Crippen molar-refractivity contribution in [3.8, 4) is 5.69 Å². The Hall–Kier alpha value is -2.30. The molecule has 0 aliphatic carbocycles.